The molecule has 0 saturated carbocycles. The van der Waals surface area contributed by atoms with Crippen molar-refractivity contribution in [2.24, 2.45) is 0 Å². The molecular weight excluding hydrogens is 182 g/mol. The van der Waals surface area contributed by atoms with E-state index in [1.807, 2.05) is 13.8 Å². The van der Waals surface area contributed by atoms with Gasteiger partial charge in [-0.15, -0.1) is 0 Å². The molecule has 14 heavy (non-hydrogen) atoms. The summed E-state index contributed by atoms with van der Waals surface area (Å²) in [7, 11) is 1.63. The van der Waals surface area contributed by atoms with E-state index >= 15 is 0 Å². The van der Waals surface area contributed by atoms with Gasteiger partial charge in [0.2, 0.25) is 5.91 Å². The second kappa shape index (κ2) is 7.76. The van der Waals surface area contributed by atoms with Crippen LogP contribution in [0.25, 0.3) is 0 Å². The molecule has 1 fully saturated rings. The van der Waals surface area contributed by atoms with Crippen LogP contribution >= 0.6 is 0 Å². The van der Waals surface area contributed by atoms with Gasteiger partial charge in [-0.2, -0.15) is 0 Å². The third kappa shape index (κ3) is 4.07. The van der Waals surface area contributed by atoms with Crippen LogP contribution in [0.4, 0.5) is 0 Å². The number of nitrogens with zero attached hydrogens (tertiary/aromatic N) is 1. The van der Waals surface area contributed by atoms with Gasteiger partial charge in [0.15, 0.2) is 0 Å². The Balaban J connectivity index is 0.000000791. The number of amides is 1. The second-order valence-corrected chi connectivity index (χ2v) is 2.90. The number of hydrogen-bond acceptors (Lipinski definition) is 3. The Hall–Kier alpha value is -0.610. The fourth-order valence-electron chi connectivity index (χ4n) is 1.40. The van der Waals surface area contributed by atoms with Gasteiger partial charge in [0.25, 0.3) is 0 Å². The molecule has 0 aromatic carbocycles. The second-order valence-electron chi connectivity index (χ2n) is 2.90. The molecule has 0 aromatic heterocycles. The summed E-state index contributed by atoms with van der Waals surface area (Å²) in [5, 5.41) is 0. The van der Waals surface area contributed by atoms with Crippen molar-refractivity contribution in [1.82, 2.24) is 4.90 Å². The van der Waals surface area contributed by atoms with E-state index in [0.717, 1.165) is 0 Å². The van der Waals surface area contributed by atoms with E-state index in [9.17, 15) is 4.79 Å². The number of hydrogen-bond donors (Lipinski definition) is 0. The van der Waals surface area contributed by atoms with Gasteiger partial charge in [0.1, 0.15) is 0 Å². The predicted molar refractivity (Wildman–Crippen MR) is 55.2 cm³/mol. The highest BCUT2D eigenvalue weighted by Gasteiger charge is 2.24. The summed E-state index contributed by atoms with van der Waals surface area (Å²) in [5.41, 5.74) is 0. The van der Waals surface area contributed by atoms with Gasteiger partial charge in [-0.25, -0.2) is 0 Å². The molecule has 4 nitrogen and oxygen atoms in total. The molecule has 0 N–H and O–H groups in total. The summed E-state index contributed by atoms with van der Waals surface area (Å²) in [6.45, 7) is 8.05. The number of methoxy groups -OCH3 is 1. The van der Waals surface area contributed by atoms with E-state index in [-0.39, 0.29) is 11.9 Å². The Morgan fingerprint density at radius 1 is 1.57 bits per heavy atom. The third-order valence-corrected chi connectivity index (χ3v) is 1.99. The van der Waals surface area contributed by atoms with Crippen molar-refractivity contribution in [3.05, 3.63) is 0 Å². The van der Waals surface area contributed by atoms with Gasteiger partial charge in [0, 0.05) is 20.6 Å². The van der Waals surface area contributed by atoms with Crippen LogP contribution in [0.1, 0.15) is 20.8 Å². The molecule has 0 unspecified atom stereocenters. The first-order chi connectivity index (χ1) is 6.75. The fraction of sp³-hybridized carbons (Fsp3) is 0.900. The van der Waals surface area contributed by atoms with Crippen LogP contribution in [0.2, 0.25) is 0 Å². The minimum absolute atomic E-state index is 0.0975. The number of carbonyl (C=O) groups excluding carboxylic acids is 1. The number of carbonyl (C=O) groups is 1. The Labute approximate surface area is 86.2 Å². The van der Waals surface area contributed by atoms with Crippen molar-refractivity contribution in [2.45, 2.75) is 26.8 Å². The lowest BCUT2D eigenvalue weighted by atomic mass is 10.2. The molecule has 0 bridgehead atoms. The summed E-state index contributed by atoms with van der Waals surface area (Å²) >= 11 is 0. The summed E-state index contributed by atoms with van der Waals surface area (Å²) in [5.74, 6) is 0.0975. The van der Waals surface area contributed by atoms with Gasteiger partial charge in [0.05, 0.1) is 25.9 Å². The van der Waals surface area contributed by atoms with Crippen molar-refractivity contribution in [3.8, 4) is 0 Å². The Bertz CT molecular complexity index is 159. The first kappa shape index (κ1) is 13.4. The Morgan fingerprint density at radius 3 is 2.71 bits per heavy atom. The molecule has 4 heteroatoms. The largest absolute Gasteiger partial charge is 0.382 e. The maximum Gasteiger partial charge on any atom is 0.219 e. The average molecular weight is 203 g/mol. The zero-order valence-electron chi connectivity index (χ0n) is 9.58. The first-order valence-corrected chi connectivity index (χ1v) is 5.09. The van der Waals surface area contributed by atoms with Gasteiger partial charge in [-0.05, 0) is 0 Å². The van der Waals surface area contributed by atoms with E-state index in [2.05, 4.69) is 0 Å². The molecule has 1 aliphatic rings. The summed E-state index contributed by atoms with van der Waals surface area (Å²) in [6.07, 6.45) is 0. The zero-order chi connectivity index (χ0) is 11.0. The van der Waals surface area contributed by atoms with Crippen molar-refractivity contribution in [1.29, 1.82) is 0 Å². The monoisotopic (exact) mass is 203 g/mol. The van der Waals surface area contributed by atoms with Crippen molar-refractivity contribution in [2.75, 3.05) is 33.5 Å². The van der Waals surface area contributed by atoms with Crippen LogP contribution in [-0.2, 0) is 14.3 Å². The topological polar surface area (TPSA) is 38.8 Å². The lowest BCUT2D eigenvalue weighted by molar-refractivity contribution is -0.139. The lowest BCUT2D eigenvalue weighted by Gasteiger charge is -2.34. The third-order valence-electron chi connectivity index (χ3n) is 1.99. The number of rotatable bonds is 2. The molecule has 0 aromatic rings. The molecule has 0 radical (unpaired) electrons. The maximum absolute atomic E-state index is 11.1. The standard InChI is InChI=1S/C8H15NO3.C2H6/c1-7(10)9-3-4-12-6-8(9)5-11-2;1-2/h8H,3-6H2,1-2H3;1-2H3/t8-;/m0./s1. The van der Waals surface area contributed by atoms with E-state index < -0.39 is 0 Å². The molecule has 1 heterocycles. The lowest BCUT2D eigenvalue weighted by Crippen LogP contribution is -2.49. The van der Waals surface area contributed by atoms with Crippen LogP contribution in [0.15, 0.2) is 0 Å². The fourth-order valence-corrected chi connectivity index (χ4v) is 1.40. The van der Waals surface area contributed by atoms with Gasteiger partial charge in [-0.3, -0.25) is 4.79 Å². The minimum Gasteiger partial charge on any atom is -0.382 e. The minimum atomic E-state index is 0.0975. The average Bonchev–Trinajstić information content (AvgIpc) is 2.22. The SMILES string of the molecule is CC.COC[C@H]1COCCN1C(C)=O. The highest BCUT2D eigenvalue weighted by atomic mass is 16.5. The van der Waals surface area contributed by atoms with Crippen LogP contribution in [0.3, 0.4) is 0 Å². The van der Waals surface area contributed by atoms with E-state index in [0.29, 0.717) is 26.4 Å². The Kier molecular flexibility index (Phi) is 7.42. The zero-order valence-corrected chi connectivity index (χ0v) is 9.58. The summed E-state index contributed by atoms with van der Waals surface area (Å²) in [4.78, 5) is 12.9. The van der Waals surface area contributed by atoms with Crippen molar-refractivity contribution in [3.63, 3.8) is 0 Å². The number of morpholine rings is 1. The van der Waals surface area contributed by atoms with Crippen LogP contribution in [0.5, 0.6) is 0 Å². The van der Waals surface area contributed by atoms with Crippen LogP contribution < -0.4 is 0 Å². The van der Waals surface area contributed by atoms with Crippen molar-refractivity contribution >= 4 is 5.91 Å². The number of ether oxygens (including phenoxy) is 2. The molecular formula is C10H21NO3. The highest BCUT2D eigenvalue weighted by molar-refractivity contribution is 5.73. The summed E-state index contributed by atoms with van der Waals surface area (Å²) < 4.78 is 10.2. The smallest absolute Gasteiger partial charge is 0.219 e. The maximum atomic E-state index is 11.1. The Morgan fingerprint density at radius 2 is 2.21 bits per heavy atom. The van der Waals surface area contributed by atoms with E-state index in [4.69, 9.17) is 9.47 Å². The molecule has 1 amide bonds. The van der Waals surface area contributed by atoms with Gasteiger partial charge < -0.3 is 14.4 Å². The first-order valence-electron chi connectivity index (χ1n) is 5.09. The predicted octanol–water partition coefficient (Wildman–Crippen LogP) is 0.906. The molecule has 84 valence electrons. The molecule has 1 saturated heterocycles. The quantitative estimate of drug-likeness (QED) is 0.669. The van der Waals surface area contributed by atoms with E-state index in [1.54, 1.807) is 18.9 Å². The van der Waals surface area contributed by atoms with E-state index in [1.165, 1.54) is 0 Å². The van der Waals surface area contributed by atoms with Gasteiger partial charge >= 0.3 is 0 Å². The van der Waals surface area contributed by atoms with Crippen LogP contribution in [0, 0.1) is 0 Å². The van der Waals surface area contributed by atoms with Gasteiger partial charge in [-0.1, -0.05) is 13.8 Å². The molecule has 0 aliphatic carbocycles. The molecule has 1 atom stereocenters. The molecule has 0 spiro atoms. The summed E-state index contributed by atoms with van der Waals surface area (Å²) in [6, 6.07) is 0.0984. The van der Waals surface area contributed by atoms with Crippen LogP contribution in [-0.4, -0.2) is 50.3 Å². The molecule has 1 aliphatic heterocycles. The normalized spacial score (nSPS) is 21.1. The highest BCUT2D eigenvalue weighted by Crippen LogP contribution is 2.06. The molecule has 1 rings (SSSR count). The van der Waals surface area contributed by atoms with Crippen molar-refractivity contribution < 1.29 is 14.3 Å².